The number of nitrogen functional groups attached to an aromatic ring is 1. The summed E-state index contributed by atoms with van der Waals surface area (Å²) in [7, 11) is -3.59. The molecule has 1 fully saturated rings. The van der Waals surface area contributed by atoms with E-state index < -0.39 is 10.0 Å². The van der Waals surface area contributed by atoms with Gasteiger partial charge >= 0.3 is 0 Å². The predicted molar refractivity (Wildman–Crippen MR) is 81.7 cm³/mol. The number of aliphatic hydroxyl groups excluding tert-OH is 1. The Labute approximate surface area is 127 Å². The van der Waals surface area contributed by atoms with Crippen molar-refractivity contribution in [2.45, 2.75) is 36.7 Å². The Balaban J connectivity index is 2.05. The van der Waals surface area contributed by atoms with Crippen LogP contribution < -0.4 is 10.5 Å². The van der Waals surface area contributed by atoms with Crippen LogP contribution in [0.25, 0.3) is 0 Å². The van der Waals surface area contributed by atoms with Crippen LogP contribution in [0, 0.1) is 5.92 Å². The van der Waals surface area contributed by atoms with Crippen molar-refractivity contribution in [2.75, 3.05) is 12.3 Å². The molecule has 1 aliphatic rings. The second kappa shape index (κ2) is 6.43. The molecule has 5 nitrogen and oxygen atoms in total. The summed E-state index contributed by atoms with van der Waals surface area (Å²) in [6.07, 6.45) is 3.04. The second-order valence-corrected chi connectivity index (χ2v) is 7.82. The van der Waals surface area contributed by atoms with E-state index in [1.54, 1.807) is 12.1 Å². The quantitative estimate of drug-likeness (QED) is 0.712. The Hall–Kier alpha value is -0.630. The zero-order chi connectivity index (χ0) is 14.8. The van der Waals surface area contributed by atoms with Crippen molar-refractivity contribution in [1.82, 2.24) is 4.72 Å². The lowest BCUT2D eigenvalue weighted by Crippen LogP contribution is -2.33. The number of rotatable bonds is 4. The van der Waals surface area contributed by atoms with Crippen LogP contribution in [0.15, 0.2) is 27.6 Å². The second-order valence-electron chi connectivity index (χ2n) is 5.23. The maximum Gasteiger partial charge on any atom is 0.241 e. The van der Waals surface area contributed by atoms with Gasteiger partial charge in [0.25, 0.3) is 0 Å². The average Bonchev–Trinajstić information content (AvgIpc) is 2.39. The van der Waals surface area contributed by atoms with E-state index in [-0.39, 0.29) is 16.9 Å². The first-order chi connectivity index (χ1) is 9.38. The van der Waals surface area contributed by atoms with Gasteiger partial charge in [0.15, 0.2) is 0 Å². The fourth-order valence-corrected chi connectivity index (χ4v) is 4.59. The highest BCUT2D eigenvalue weighted by molar-refractivity contribution is 9.10. The van der Waals surface area contributed by atoms with Crippen LogP contribution in [0.3, 0.4) is 0 Å². The van der Waals surface area contributed by atoms with E-state index in [4.69, 9.17) is 5.73 Å². The zero-order valence-corrected chi connectivity index (χ0v) is 13.5. The van der Waals surface area contributed by atoms with Crippen molar-refractivity contribution in [1.29, 1.82) is 0 Å². The Morgan fingerprint density at radius 1 is 1.40 bits per heavy atom. The van der Waals surface area contributed by atoms with Gasteiger partial charge in [-0.2, -0.15) is 0 Å². The highest BCUT2D eigenvalue weighted by Crippen LogP contribution is 2.26. The van der Waals surface area contributed by atoms with Crippen LogP contribution in [0.5, 0.6) is 0 Å². The molecular weight excluding hydrogens is 344 g/mol. The van der Waals surface area contributed by atoms with Crippen molar-refractivity contribution >= 4 is 31.6 Å². The van der Waals surface area contributed by atoms with E-state index in [1.165, 1.54) is 6.07 Å². The number of halogens is 1. The zero-order valence-electron chi connectivity index (χ0n) is 11.0. The van der Waals surface area contributed by atoms with Gasteiger partial charge in [0, 0.05) is 16.7 Å². The normalized spacial score (nSPS) is 23.7. The molecule has 1 saturated carbocycles. The first kappa shape index (κ1) is 15.8. The number of hydrogen-bond acceptors (Lipinski definition) is 4. The molecule has 0 spiro atoms. The van der Waals surface area contributed by atoms with E-state index in [1.807, 2.05) is 0 Å². The first-order valence-corrected chi connectivity index (χ1v) is 8.89. The molecule has 2 rings (SSSR count). The first-order valence-electron chi connectivity index (χ1n) is 6.61. The lowest BCUT2D eigenvalue weighted by molar-refractivity contribution is 0.102. The van der Waals surface area contributed by atoms with Crippen LogP contribution in [0.2, 0.25) is 0 Å². The van der Waals surface area contributed by atoms with Crippen molar-refractivity contribution in [3.05, 3.63) is 22.7 Å². The topological polar surface area (TPSA) is 92.4 Å². The third kappa shape index (κ3) is 3.94. The Kier molecular flexibility index (Phi) is 5.06. The fourth-order valence-electron chi connectivity index (χ4n) is 2.48. The molecule has 2 atom stereocenters. The summed E-state index contributed by atoms with van der Waals surface area (Å²) in [6, 6.07) is 4.69. The number of aliphatic hydroxyl groups is 1. The monoisotopic (exact) mass is 362 g/mol. The summed E-state index contributed by atoms with van der Waals surface area (Å²) in [6.45, 7) is 0.348. The molecule has 0 aliphatic heterocycles. The molecule has 2 unspecified atom stereocenters. The lowest BCUT2D eigenvalue weighted by atomic mass is 9.87. The van der Waals surface area contributed by atoms with Gasteiger partial charge in [0.2, 0.25) is 10.0 Å². The molecule has 1 aliphatic carbocycles. The van der Waals surface area contributed by atoms with Gasteiger partial charge in [-0.05, 0) is 59.3 Å². The number of sulfonamides is 1. The van der Waals surface area contributed by atoms with Crippen molar-refractivity contribution in [3.63, 3.8) is 0 Å². The van der Waals surface area contributed by atoms with E-state index in [0.29, 0.717) is 23.1 Å². The average molecular weight is 363 g/mol. The van der Waals surface area contributed by atoms with Gasteiger partial charge in [-0.3, -0.25) is 0 Å². The summed E-state index contributed by atoms with van der Waals surface area (Å²) in [5.74, 6) is 0.188. The molecule has 0 heterocycles. The predicted octanol–water partition coefficient (Wildman–Crippen LogP) is 1.86. The minimum atomic E-state index is -3.59. The van der Waals surface area contributed by atoms with Crippen molar-refractivity contribution in [3.8, 4) is 0 Å². The van der Waals surface area contributed by atoms with Crippen molar-refractivity contribution < 1.29 is 13.5 Å². The number of anilines is 1. The van der Waals surface area contributed by atoms with E-state index in [0.717, 1.165) is 19.3 Å². The molecule has 0 saturated heterocycles. The van der Waals surface area contributed by atoms with Crippen LogP contribution in [0.1, 0.15) is 25.7 Å². The van der Waals surface area contributed by atoms with Crippen LogP contribution in [-0.4, -0.2) is 26.2 Å². The maximum atomic E-state index is 12.3. The number of benzene rings is 1. The van der Waals surface area contributed by atoms with Gasteiger partial charge < -0.3 is 10.8 Å². The highest BCUT2D eigenvalue weighted by Gasteiger charge is 2.23. The standard InChI is InChI=1S/C13H19BrN2O3S/c14-12-5-4-10(15)7-13(12)20(18,19)16-8-9-2-1-3-11(17)6-9/h4-5,7,9,11,16-17H,1-3,6,8,15H2. The molecule has 0 radical (unpaired) electrons. The summed E-state index contributed by atoms with van der Waals surface area (Å²) in [4.78, 5) is 0.147. The van der Waals surface area contributed by atoms with Gasteiger partial charge in [-0.15, -0.1) is 0 Å². The highest BCUT2D eigenvalue weighted by atomic mass is 79.9. The molecule has 0 amide bonds. The molecular formula is C13H19BrN2O3S. The van der Waals surface area contributed by atoms with E-state index >= 15 is 0 Å². The van der Waals surface area contributed by atoms with Crippen LogP contribution in [-0.2, 0) is 10.0 Å². The molecule has 7 heteroatoms. The van der Waals surface area contributed by atoms with E-state index in [9.17, 15) is 13.5 Å². The Morgan fingerprint density at radius 2 is 2.15 bits per heavy atom. The van der Waals surface area contributed by atoms with Gasteiger partial charge in [-0.25, -0.2) is 13.1 Å². The molecule has 1 aromatic rings. The Morgan fingerprint density at radius 3 is 2.85 bits per heavy atom. The summed E-state index contributed by atoms with van der Waals surface area (Å²) >= 11 is 3.23. The van der Waals surface area contributed by atoms with Crippen molar-refractivity contribution in [2.24, 2.45) is 5.92 Å². The molecule has 112 valence electrons. The molecule has 20 heavy (non-hydrogen) atoms. The molecule has 1 aromatic carbocycles. The lowest BCUT2D eigenvalue weighted by Gasteiger charge is -2.25. The van der Waals surface area contributed by atoms with Crippen LogP contribution in [0.4, 0.5) is 5.69 Å². The molecule has 0 bridgehead atoms. The van der Waals surface area contributed by atoms with Crippen LogP contribution >= 0.6 is 15.9 Å². The third-order valence-electron chi connectivity index (χ3n) is 3.56. The summed E-state index contributed by atoms with van der Waals surface area (Å²) in [5.41, 5.74) is 6.04. The van der Waals surface area contributed by atoms with Gasteiger partial charge in [0.1, 0.15) is 0 Å². The summed E-state index contributed by atoms with van der Waals surface area (Å²) < 4.78 is 27.6. The minimum absolute atomic E-state index is 0.147. The minimum Gasteiger partial charge on any atom is -0.399 e. The van der Waals surface area contributed by atoms with Gasteiger partial charge in [0.05, 0.1) is 11.0 Å². The van der Waals surface area contributed by atoms with Gasteiger partial charge in [-0.1, -0.05) is 6.42 Å². The fraction of sp³-hybridized carbons (Fsp3) is 0.538. The van der Waals surface area contributed by atoms with E-state index in [2.05, 4.69) is 20.7 Å². The maximum absolute atomic E-state index is 12.3. The molecule has 0 aromatic heterocycles. The number of hydrogen-bond donors (Lipinski definition) is 3. The largest absolute Gasteiger partial charge is 0.399 e. The SMILES string of the molecule is Nc1ccc(Br)c(S(=O)(=O)NCC2CCCC(O)C2)c1. The molecule has 4 N–H and O–H groups in total. The summed E-state index contributed by atoms with van der Waals surface area (Å²) in [5, 5.41) is 9.61. The third-order valence-corrected chi connectivity index (χ3v) is 5.98. The smallest absolute Gasteiger partial charge is 0.241 e. The Bertz CT molecular complexity index is 577. The number of nitrogens with one attached hydrogen (secondary N) is 1. The number of nitrogens with two attached hydrogens (primary N) is 1.